The van der Waals surface area contributed by atoms with Crippen LogP contribution >= 0.6 is 0 Å². The highest BCUT2D eigenvalue weighted by molar-refractivity contribution is 5.89. The van der Waals surface area contributed by atoms with Crippen LogP contribution < -0.4 is 11.1 Å². The van der Waals surface area contributed by atoms with Gasteiger partial charge in [-0.25, -0.2) is 9.18 Å². The van der Waals surface area contributed by atoms with Gasteiger partial charge in [-0.3, -0.25) is 0 Å². The Kier molecular flexibility index (Phi) is 5.17. The van der Waals surface area contributed by atoms with Gasteiger partial charge in [0, 0.05) is 19.3 Å². The predicted octanol–water partition coefficient (Wildman–Crippen LogP) is 3.34. The Bertz CT molecular complexity index is 484. The van der Waals surface area contributed by atoms with E-state index in [4.69, 9.17) is 5.73 Å². The fraction of sp³-hybridized carbons (Fsp3) is 0.562. The Hall–Kier alpha value is -1.62. The molecule has 1 aromatic rings. The van der Waals surface area contributed by atoms with Crippen LogP contribution in [0.4, 0.5) is 14.9 Å². The molecule has 0 saturated heterocycles. The minimum absolute atomic E-state index is 0.229. The first-order valence-electron chi connectivity index (χ1n) is 7.58. The number of likely N-dealkylation sites (N-methyl/N-ethyl adjacent to an activating group) is 1. The number of nitrogens with two attached hydrogens (primary N) is 1. The van der Waals surface area contributed by atoms with Gasteiger partial charge in [-0.15, -0.1) is 0 Å². The highest BCUT2D eigenvalue weighted by atomic mass is 19.1. The molecule has 2 rings (SSSR count). The van der Waals surface area contributed by atoms with Crippen molar-refractivity contribution in [3.63, 3.8) is 0 Å². The van der Waals surface area contributed by atoms with Crippen molar-refractivity contribution in [2.75, 3.05) is 18.9 Å². The van der Waals surface area contributed by atoms with E-state index in [1.54, 1.807) is 24.1 Å². The molecule has 2 amide bonds. The second-order valence-corrected chi connectivity index (χ2v) is 5.84. The third kappa shape index (κ3) is 3.73. The number of anilines is 1. The average molecular weight is 293 g/mol. The van der Waals surface area contributed by atoms with Crippen molar-refractivity contribution in [3.05, 3.63) is 30.1 Å². The Labute approximate surface area is 125 Å². The van der Waals surface area contributed by atoms with Crippen LogP contribution in [-0.4, -0.2) is 30.1 Å². The Morgan fingerprint density at radius 1 is 1.33 bits per heavy atom. The molecule has 4 nitrogen and oxygen atoms in total. The van der Waals surface area contributed by atoms with Crippen molar-refractivity contribution < 1.29 is 9.18 Å². The van der Waals surface area contributed by atoms with Crippen LogP contribution in [0.5, 0.6) is 0 Å². The zero-order valence-corrected chi connectivity index (χ0v) is 12.6. The second-order valence-electron chi connectivity index (χ2n) is 5.84. The average Bonchev–Trinajstić information content (AvgIpc) is 2.72. The van der Waals surface area contributed by atoms with E-state index in [1.165, 1.54) is 25.0 Å². The number of nitrogens with zero attached hydrogens (tertiary/aromatic N) is 1. The third-order valence-corrected chi connectivity index (χ3v) is 4.51. The molecule has 0 radical (unpaired) electrons. The van der Waals surface area contributed by atoms with Crippen LogP contribution in [0.2, 0.25) is 0 Å². The molecule has 0 spiro atoms. The van der Waals surface area contributed by atoms with Crippen LogP contribution in [-0.2, 0) is 0 Å². The van der Waals surface area contributed by atoms with Crippen molar-refractivity contribution >= 4 is 11.7 Å². The van der Waals surface area contributed by atoms with E-state index in [0.29, 0.717) is 12.2 Å². The van der Waals surface area contributed by atoms with Crippen molar-refractivity contribution in [2.45, 2.75) is 44.1 Å². The minimum atomic E-state index is -0.363. The molecule has 1 fully saturated rings. The summed E-state index contributed by atoms with van der Waals surface area (Å²) in [4.78, 5) is 14.1. The van der Waals surface area contributed by atoms with Crippen molar-refractivity contribution in [2.24, 2.45) is 5.73 Å². The van der Waals surface area contributed by atoms with Crippen LogP contribution in [0.25, 0.3) is 0 Å². The predicted molar refractivity (Wildman–Crippen MR) is 82.7 cm³/mol. The third-order valence-electron chi connectivity index (χ3n) is 4.51. The van der Waals surface area contributed by atoms with Gasteiger partial charge in [-0.2, -0.15) is 0 Å². The van der Waals surface area contributed by atoms with Gasteiger partial charge in [0.25, 0.3) is 0 Å². The summed E-state index contributed by atoms with van der Waals surface area (Å²) < 4.78 is 13.2. The lowest BCUT2D eigenvalue weighted by Gasteiger charge is -2.40. The Morgan fingerprint density at radius 2 is 2.00 bits per heavy atom. The summed E-state index contributed by atoms with van der Waals surface area (Å²) in [7, 11) is 1.78. The lowest BCUT2D eigenvalue weighted by Crippen LogP contribution is -2.55. The quantitative estimate of drug-likeness (QED) is 0.840. The molecule has 5 heteroatoms. The molecule has 0 unspecified atom stereocenters. The summed E-state index contributed by atoms with van der Waals surface area (Å²) in [6.07, 6.45) is 6.43. The number of carbonyl (C=O) groups is 1. The number of halogens is 1. The van der Waals surface area contributed by atoms with Crippen LogP contribution in [0.15, 0.2) is 24.3 Å². The van der Waals surface area contributed by atoms with Crippen molar-refractivity contribution in [1.29, 1.82) is 0 Å². The molecule has 1 aliphatic carbocycles. The van der Waals surface area contributed by atoms with E-state index in [-0.39, 0.29) is 17.4 Å². The molecule has 0 atom stereocenters. The number of rotatable bonds is 3. The second kappa shape index (κ2) is 6.89. The largest absolute Gasteiger partial charge is 0.328 e. The standard InChI is InChI=1S/C16H24FN3O/c1-20(16(12-18)9-4-2-3-5-10-16)15(21)19-14-8-6-7-13(17)11-14/h6-8,11H,2-5,9-10,12,18H2,1H3,(H,19,21). The van der Waals surface area contributed by atoms with E-state index >= 15 is 0 Å². The molecular formula is C16H24FN3O. The zero-order chi connectivity index (χ0) is 15.3. The zero-order valence-electron chi connectivity index (χ0n) is 12.6. The maximum Gasteiger partial charge on any atom is 0.322 e. The number of benzene rings is 1. The first-order valence-corrected chi connectivity index (χ1v) is 7.58. The molecule has 0 aliphatic heterocycles. The van der Waals surface area contributed by atoms with E-state index in [2.05, 4.69) is 5.32 Å². The van der Waals surface area contributed by atoms with Gasteiger partial charge in [0.05, 0.1) is 5.54 Å². The Morgan fingerprint density at radius 3 is 2.57 bits per heavy atom. The van der Waals surface area contributed by atoms with Gasteiger partial charge in [0.15, 0.2) is 0 Å². The molecule has 0 aromatic heterocycles. The first kappa shape index (κ1) is 15.8. The van der Waals surface area contributed by atoms with Crippen molar-refractivity contribution in [1.82, 2.24) is 4.90 Å². The minimum Gasteiger partial charge on any atom is -0.328 e. The molecule has 21 heavy (non-hydrogen) atoms. The normalized spacial score (nSPS) is 17.9. The van der Waals surface area contributed by atoms with Gasteiger partial charge in [-0.05, 0) is 31.0 Å². The van der Waals surface area contributed by atoms with Gasteiger partial charge >= 0.3 is 6.03 Å². The number of hydrogen-bond acceptors (Lipinski definition) is 2. The lowest BCUT2D eigenvalue weighted by atomic mass is 9.89. The fourth-order valence-electron chi connectivity index (χ4n) is 3.05. The maximum absolute atomic E-state index is 13.2. The van der Waals surface area contributed by atoms with Crippen LogP contribution in [0.3, 0.4) is 0 Å². The molecule has 1 saturated carbocycles. The molecule has 1 aromatic carbocycles. The van der Waals surface area contributed by atoms with Gasteiger partial charge < -0.3 is 16.0 Å². The number of nitrogens with one attached hydrogen (secondary N) is 1. The summed E-state index contributed by atoms with van der Waals surface area (Å²) in [6, 6.07) is 5.69. The SMILES string of the molecule is CN(C(=O)Nc1cccc(F)c1)C1(CN)CCCCCC1. The molecule has 0 heterocycles. The van der Waals surface area contributed by atoms with Gasteiger partial charge in [0.1, 0.15) is 5.82 Å². The number of amides is 2. The Balaban J connectivity index is 2.09. The smallest absolute Gasteiger partial charge is 0.322 e. The molecule has 3 N–H and O–H groups in total. The van der Waals surface area contributed by atoms with Crippen LogP contribution in [0.1, 0.15) is 38.5 Å². The van der Waals surface area contributed by atoms with Gasteiger partial charge in [-0.1, -0.05) is 31.7 Å². The highest BCUT2D eigenvalue weighted by Crippen LogP contribution is 2.31. The summed E-state index contributed by atoms with van der Waals surface area (Å²) in [6.45, 7) is 0.458. The maximum atomic E-state index is 13.2. The lowest BCUT2D eigenvalue weighted by molar-refractivity contribution is 0.134. The molecule has 0 bridgehead atoms. The number of carbonyl (C=O) groups excluding carboxylic acids is 1. The van der Waals surface area contributed by atoms with Crippen molar-refractivity contribution in [3.8, 4) is 0 Å². The molecular weight excluding hydrogens is 269 g/mol. The fourth-order valence-corrected chi connectivity index (χ4v) is 3.05. The monoisotopic (exact) mass is 293 g/mol. The molecule has 1 aliphatic rings. The summed E-state index contributed by atoms with van der Waals surface area (Å²) in [5.74, 6) is -0.363. The summed E-state index contributed by atoms with van der Waals surface area (Å²) in [5.41, 5.74) is 6.16. The first-order chi connectivity index (χ1) is 10.1. The topological polar surface area (TPSA) is 58.4 Å². The molecule has 116 valence electrons. The highest BCUT2D eigenvalue weighted by Gasteiger charge is 2.36. The van der Waals surface area contributed by atoms with Gasteiger partial charge in [0.2, 0.25) is 0 Å². The van der Waals surface area contributed by atoms with E-state index in [0.717, 1.165) is 25.7 Å². The van der Waals surface area contributed by atoms with E-state index < -0.39 is 0 Å². The number of urea groups is 1. The van der Waals surface area contributed by atoms with E-state index in [9.17, 15) is 9.18 Å². The number of hydrogen-bond donors (Lipinski definition) is 2. The van der Waals surface area contributed by atoms with E-state index in [1.807, 2.05) is 0 Å². The van der Waals surface area contributed by atoms with Crippen LogP contribution in [0, 0.1) is 5.82 Å². The summed E-state index contributed by atoms with van der Waals surface area (Å²) >= 11 is 0. The summed E-state index contributed by atoms with van der Waals surface area (Å²) in [5, 5.41) is 2.75.